The van der Waals surface area contributed by atoms with E-state index in [2.05, 4.69) is 22.5 Å². The Hall–Kier alpha value is -2.99. The first kappa shape index (κ1) is 21.7. The Morgan fingerprint density at radius 3 is 2.13 bits per heavy atom. The molecule has 1 aromatic heterocycles. The van der Waals surface area contributed by atoms with E-state index in [1.807, 2.05) is 67.8 Å². The van der Waals surface area contributed by atoms with E-state index in [-0.39, 0.29) is 18.2 Å². The summed E-state index contributed by atoms with van der Waals surface area (Å²) >= 11 is 1.47. The van der Waals surface area contributed by atoms with E-state index in [1.165, 1.54) is 16.9 Å². The van der Waals surface area contributed by atoms with Crippen molar-refractivity contribution < 1.29 is 9.59 Å². The molecule has 0 saturated heterocycles. The van der Waals surface area contributed by atoms with Gasteiger partial charge in [-0.05, 0) is 42.2 Å². The molecule has 0 saturated carbocycles. The molecule has 0 aliphatic heterocycles. The maximum absolute atomic E-state index is 12.3. The minimum absolute atomic E-state index is 0.0176. The molecule has 2 aromatic carbocycles. The first-order valence-electron chi connectivity index (χ1n) is 10.2. The Balaban J connectivity index is 1.57. The van der Waals surface area contributed by atoms with Gasteiger partial charge in [-0.2, -0.15) is 0 Å². The largest absolute Gasteiger partial charge is 0.326 e. The van der Waals surface area contributed by atoms with Crippen LogP contribution in [0.1, 0.15) is 37.8 Å². The minimum atomic E-state index is -0.0802. The molecule has 0 aliphatic rings. The SMILES string of the molecule is CCc1ccc(NC(=O)Cc2nc(-c3ccc(NC(=O)CC(C)C)cc3)cs2)cc1. The first-order valence-corrected chi connectivity index (χ1v) is 11.0. The molecular formula is C24H27N3O2S. The Morgan fingerprint density at radius 1 is 0.933 bits per heavy atom. The van der Waals surface area contributed by atoms with Crippen LogP contribution in [0.5, 0.6) is 0 Å². The molecule has 0 fully saturated rings. The Morgan fingerprint density at radius 2 is 1.53 bits per heavy atom. The van der Waals surface area contributed by atoms with Gasteiger partial charge in [0.15, 0.2) is 0 Å². The van der Waals surface area contributed by atoms with Gasteiger partial charge in [-0.15, -0.1) is 11.3 Å². The molecule has 0 aliphatic carbocycles. The summed E-state index contributed by atoms with van der Waals surface area (Å²) in [4.78, 5) is 28.8. The molecule has 0 radical (unpaired) electrons. The van der Waals surface area contributed by atoms with Crippen LogP contribution < -0.4 is 10.6 Å². The normalized spacial score (nSPS) is 10.8. The maximum atomic E-state index is 12.3. The molecule has 2 amide bonds. The summed E-state index contributed by atoms with van der Waals surface area (Å²) in [5.41, 5.74) is 4.59. The Labute approximate surface area is 181 Å². The average molecular weight is 422 g/mol. The lowest BCUT2D eigenvalue weighted by molar-refractivity contribution is -0.117. The third kappa shape index (κ3) is 6.26. The number of carbonyl (C=O) groups is 2. The number of hydrogen-bond donors (Lipinski definition) is 2. The van der Waals surface area contributed by atoms with Gasteiger partial charge in [0.2, 0.25) is 11.8 Å². The van der Waals surface area contributed by atoms with Crippen molar-refractivity contribution in [3.63, 3.8) is 0 Å². The average Bonchev–Trinajstić information content (AvgIpc) is 3.16. The number of hydrogen-bond acceptors (Lipinski definition) is 4. The highest BCUT2D eigenvalue weighted by Gasteiger charge is 2.10. The summed E-state index contributed by atoms with van der Waals surface area (Å²) in [5.74, 6) is 0.262. The highest BCUT2D eigenvalue weighted by atomic mass is 32.1. The molecule has 30 heavy (non-hydrogen) atoms. The van der Waals surface area contributed by atoms with Gasteiger partial charge in [0.25, 0.3) is 0 Å². The van der Waals surface area contributed by atoms with Crippen LogP contribution in [-0.4, -0.2) is 16.8 Å². The van der Waals surface area contributed by atoms with Crippen molar-refractivity contribution >= 4 is 34.5 Å². The third-order valence-corrected chi connectivity index (χ3v) is 5.42. The lowest BCUT2D eigenvalue weighted by atomic mass is 10.1. The number of thiazole rings is 1. The van der Waals surface area contributed by atoms with E-state index >= 15 is 0 Å². The number of carbonyl (C=O) groups excluding carboxylic acids is 2. The number of benzene rings is 2. The van der Waals surface area contributed by atoms with Crippen molar-refractivity contribution in [1.82, 2.24) is 4.98 Å². The van der Waals surface area contributed by atoms with Crippen LogP contribution in [0.15, 0.2) is 53.9 Å². The molecule has 3 rings (SSSR count). The zero-order chi connectivity index (χ0) is 21.5. The summed E-state index contributed by atoms with van der Waals surface area (Å²) < 4.78 is 0. The smallest absolute Gasteiger partial charge is 0.231 e. The summed E-state index contributed by atoms with van der Waals surface area (Å²) in [5, 5.41) is 8.54. The molecule has 0 unspecified atom stereocenters. The maximum Gasteiger partial charge on any atom is 0.231 e. The van der Waals surface area contributed by atoms with E-state index in [0.29, 0.717) is 12.3 Å². The van der Waals surface area contributed by atoms with E-state index < -0.39 is 0 Å². The van der Waals surface area contributed by atoms with Crippen molar-refractivity contribution in [2.24, 2.45) is 5.92 Å². The van der Waals surface area contributed by atoms with Crippen LogP contribution >= 0.6 is 11.3 Å². The lowest BCUT2D eigenvalue weighted by Crippen LogP contribution is -2.14. The van der Waals surface area contributed by atoms with Crippen LogP contribution in [0.3, 0.4) is 0 Å². The second-order valence-electron chi connectivity index (χ2n) is 7.63. The van der Waals surface area contributed by atoms with Gasteiger partial charge in [-0.25, -0.2) is 4.98 Å². The van der Waals surface area contributed by atoms with Crippen molar-refractivity contribution in [3.8, 4) is 11.3 Å². The predicted octanol–water partition coefficient (Wildman–Crippen LogP) is 5.54. The molecule has 2 N–H and O–H groups in total. The van der Waals surface area contributed by atoms with Crippen molar-refractivity contribution in [1.29, 1.82) is 0 Å². The number of aromatic nitrogens is 1. The highest BCUT2D eigenvalue weighted by Crippen LogP contribution is 2.24. The fourth-order valence-corrected chi connectivity index (χ4v) is 3.80. The molecule has 0 bridgehead atoms. The summed E-state index contributed by atoms with van der Waals surface area (Å²) in [6.07, 6.45) is 1.72. The molecule has 1 heterocycles. The predicted molar refractivity (Wildman–Crippen MR) is 124 cm³/mol. The van der Waals surface area contributed by atoms with E-state index in [0.717, 1.165) is 34.1 Å². The quantitative estimate of drug-likeness (QED) is 0.502. The molecule has 0 atom stereocenters. The van der Waals surface area contributed by atoms with Gasteiger partial charge in [0.1, 0.15) is 5.01 Å². The second kappa shape index (κ2) is 10.2. The van der Waals surface area contributed by atoms with Crippen LogP contribution in [0.25, 0.3) is 11.3 Å². The van der Waals surface area contributed by atoms with E-state index in [4.69, 9.17) is 0 Å². The summed E-state index contributed by atoms with van der Waals surface area (Å²) in [6, 6.07) is 15.5. The van der Waals surface area contributed by atoms with Crippen LogP contribution in [0.4, 0.5) is 11.4 Å². The zero-order valence-electron chi connectivity index (χ0n) is 17.6. The van der Waals surface area contributed by atoms with Gasteiger partial charge in [-0.3, -0.25) is 9.59 Å². The number of nitrogens with zero attached hydrogens (tertiary/aromatic N) is 1. The first-order chi connectivity index (χ1) is 14.4. The summed E-state index contributed by atoms with van der Waals surface area (Å²) in [6.45, 7) is 6.14. The highest BCUT2D eigenvalue weighted by molar-refractivity contribution is 7.10. The fourth-order valence-electron chi connectivity index (χ4n) is 3.00. The molecule has 5 nitrogen and oxygen atoms in total. The number of rotatable bonds is 8. The number of anilines is 2. The second-order valence-corrected chi connectivity index (χ2v) is 8.57. The number of nitrogens with one attached hydrogen (secondary N) is 2. The van der Waals surface area contributed by atoms with Gasteiger partial charge >= 0.3 is 0 Å². The molecular weight excluding hydrogens is 394 g/mol. The van der Waals surface area contributed by atoms with Gasteiger partial charge in [0, 0.05) is 28.7 Å². The number of aryl methyl sites for hydroxylation is 1. The molecule has 156 valence electrons. The molecule has 6 heteroatoms. The topological polar surface area (TPSA) is 71.1 Å². The van der Waals surface area contributed by atoms with E-state index in [9.17, 15) is 9.59 Å². The van der Waals surface area contributed by atoms with Crippen LogP contribution in [0, 0.1) is 5.92 Å². The summed E-state index contributed by atoms with van der Waals surface area (Å²) in [7, 11) is 0. The fraction of sp³-hybridized carbons (Fsp3) is 0.292. The zero-order valence-corrected chi connectivity index (χ0v) is 18.4. The monoisotopic (exact) mass is 421 g/mol. The van der Waals surface area contributed by atoms with Gasteiger partial charge < -0.3 is 10.6 Å². The van der Waals surface area contributed by atoms with Crippen molar-refractivity contribution in [2.45, 2.75) is 40.0 Å². The number of amides is 2. The van der Waals surface area contributed by atoms with Crippen molar-refractivity contribution in [2.75, 3.05) is 10.6 Å². The lowest BCUT2D eigenvalue weighted by Gasteiger charge is -2.07. The molecule has 3 aromatic rings. The van der Waals surface area contributed by atoms with Gasteiger partial charge in [-0.1, -0.05) is 45.0 Å². The Bertz CT molecular complexity index is 992. The van der Waals surface area contributed by atoms with Crippen LogP contribution in [0.2, 0.25) is 0 Å². The van der Waals surface area contributed by atoms with Crippen molar-refractivity contribution in [3.05, 3.63) is 64.5 Å². The minimum Gasteiger partial charge on any atom is -0.326 e. The Kier molecular flexibility index (Phi) is 7.36. The van der Waals surface area contributed by atoms with Crippen LogP contribution in [-0.2, 0) is 22.4 Å². The standard InChI is InChI=1S/C24H27N3O2S/c1-4-17-5-9-19(10-6-17)26-23(29)14-24-27-21(15-30-24)18-7-11-20(12-8-18)25-22(28)13-16(2)3/h5-12,15-16H,4,13-14H2,1-3H3,(H,25,28)(H,26,29). The third-order valence-electron chi connectivity index (χ3n) is 4.57. The van der Waals surface area contributed by atoms with Gasteiger partial charge in [0.05, 0.1) is 12.1 Å². The molecule has 0 spiro atoms. The van der Waals surface area contributed by atoms with E-state index in [1.54, 1.807) is 0 Å².